The zero-order chi connectivity index (χ0) is 13.3. The van der Waals surface area contributed by atoms with Gasteiger partial charge in [-0.3, -0.25) is 9.48 Å². The molecule has 18 heavy (non-hydrogen) atoms. The second kappa shape index (κ2) is 5.67. The van der Waals surface area contributed by atoms with Crippen LogP contribution in [0.3, 0.4) is 0 Å². The average molecular weight is 392 g/mol. The number of aryl methyl sites for hydroxylation is 2. The minimum absolute atomic E-state index is 0.114. The first-order chi connectivity index (χ1) is 8.54. The highest BCUT2D eigenvalue weighted by Crippen LogP contribution is 2.27. The van der Waals surface area contributed by atoms with Gasteiger partial charge in [0.25, 0.3) is 0 Å². The Labute approximate surface area is 126 Å². The van der Waals surface area contributed by atoms with Crippen molar-refractivity contribution in [2.75, 3.05) is 0 Å². The summed E-state index contributed by atoms with van der Waals surface area (Å²) in [7, 11) is 1.87. The number of ketones is 1. The molecule has 0 aliphatic carbocycles. The van der Waals surface area contributed by atoms with E-state index in [1.807, 2.05) is 18.5 Å². The van der Waals surface area contributed by atoms with Crippen LogP contribution in [0.1, 0.15) is 28.0 Å². The average Bonchev–Trinajstić information content (AvgIpc) is 2.87. The van der Waals surface area contributed by atoms with Gasteiger partial charge in [0.05, 0.1) is 27.2 Å². The number of hydrogen-bond acceptors (Lipinski definition) is 3. The van der Waals surface area contributed by atoms with Gasteiger partial charge in [-0.25, -0.2) is 0 Å². The van der Waals surface area contributed by atoms with Gasteiger partial charge in [0, 0.05) is 11.5 Å². The van der Waals surface area contributed by atoms with Crippen molar-refractivity contribution in [2.45, 2.75) is 19.8 Å². The highest BCUT2D eigenvalue weighted by molar-refractivity contribution is 9.11. The van der Waals surface area contributed by atoms with Crippen molar-refractivity contribution >= 4 is 49.0 Å². The van der Waals surface area contributed by atoms with Gasteiger partial charge in [0.15, 0.2) is 5.78 Å². The van der Waals surface area contributed by atoms with E-state index in [0.29, 0.717) is 6.42 Å². The third-order valence-corrected chi connectivity index (χ3v) is 5.50. The standard InChI is InChI=1S/C12H12Br2N2OS/c1-3-8-11(14)9(16(2)15-8)6-10(17)12-7(13)4-5-18-12/h4-5H,3,6H2,1-2H3. The van der Waals surface area contributed by atoms with E-state index in [9.17, 15) is 4.79 Å². The molecule has 0 aliphatic rings. The van der Waals surface area contributed by atoms with E-state index in [2.05, 4.69) is 43.9 Å². The fourth-order valence-electron chi connectivity index (χ4n) is 1.74. The van der Waals surface area contributed by atoms with E-state index in [4.69, 9.17) is 0 Å². The molecule has 0 radical (unpaired) electrons. The third kappa shape index (κ3) is 2.60. The molecule has 0 aliphatic heterocycles. The number of rotatable bonds is 4. The zero-order valence-corrected chi connectivity index (χ0v) is 14.0. The van der Waals surface area contributed by atoms with Crippen LogP contribution in [0.2, 0.25) is 0 Å². The minimum Gasteiger partial charge on any atom is -0.293 e. The highest BCUT2D eigenvalue weighted by Gasteiger charge is 2.18. The summed E-state index contributed by atoms with van der Waals surface area (Å²) in [4.78, 5) is 13.0. The maximum absolute atomic E-state index is 12.2. The zero-order valence-electron chi connectivity index (χ0n) is 10.0. The summed E-state index contributed by atoms with van der Waals surface area (Å²) in [5.41, 5.74) is 1.92. The number of nitrogens with zero attached hydrogens (tertiary/aromatic N) is 2. The lowest BCUT2D eigenvalue weighted by molar-refractivity contribution is 0.0994. The van der Waals surface area contributed by atoms with Crippen molar-refractivity contribution in [3.63, 3.8) is 0 Å². The summed E-state index contributed by atoms with van der Waals surface area (Å²) >= 11 is 8.38. The van der Waals surface area contributed by atoms with E-state index >= 15 is 0 Å². The monoisotopic (exact) mass is 390 g/mol. The summed E-state index contributed by atoms with van der Waals surface area (Å²) in [5.74, 6) is 0.114. The fourth-order valence-corrected chi connectivity index (χ4v) is 4.03. The lowest BCUT2D eigenvalue weighted by Crippen LogP contribution is -2.07. The van der Waals surface area contributed by atoms with Crippen LogP contribution >= 0.6 is 43.2 Å². The number of aromatic nitrogens is 2. The maximum Gasteiger partial charge on any atom is 0.179 e. The SMILES string of the molecule is CCc1nn(C)c(CC(=O)c2sccc2Br)c1Br. The van der Waals surface area contributed by atoms with Gasteiger partial charge >= 0.3 is 0 Å². The summed E-state index contributed by atoms with van der Waals surface area (Å²) in [6, 6.07) is 1.90. The number of thiophene rings is 1. The van der Waals surface area contributed by atoms with Crippen molar-refractivity contribution in [1.29, 1.82) is 0 Å². The molecular formula is C12H12Br2N2OS. The Hall–Kier alpha value is -0.460. The molecule has 0 N–H and O–H groups in total. The summed E-state index contributed by atoms with van der Waals surface area (Å²) < 4.78 is 3.60. The largest absolute Gasteiger partial charge is 0.293 e. The first kappa shape index (κ1) is 14.0. The molecule has 0 spiro atoms. The molecule has 6 heteroatoms. The molecule has 0 saturated carbocycles. The molecule has 3 nitrogen and oxygen atoms in total. The molecule has 2 heterocycles. The van der Waals surface area contributed by atoms with E-state index < -0.39 is 0 Å². The number of carbonyl (C=O) groups is 1. The van der Waals surface area contributed by atoms with Gasteiger partial charge in [0.2, 0.25) is 0 Å². The van der Waals surface area contributed by atoms with Crippen LogP contribution in [0.5, 0.6) is 0 Å². The number of Topliss-reactive ketones (excluding diaryl/α,β-unsaturated/α-hetero) is 1. The predicted molar refractivity (Wildman–Crippen MR) is 80.3 cm³/mol. The predicted octanol–water partition coefficient (Wildman–Crippen LogP) is 3.99. The van der Waals surface area contributed by atoms with Gasteiger partial charge in [0.1, 0.15) is 0 Å². The molecule has 0 aromatic carbocycles. The second-order valence-electron chi connectivity index (χ2n) is 3.88. The van der Waals surface area contributed by atoms with E-state index in [0.717, 1.165) is 31.6 Å². The van der Waals surface area contributed by atoms with E-state index in [1.54, 1.807) is 4.68 Å². The lowest BCUT2D eigenvalue weighted by Gasteiger charge is -2.01. The maximum atomic E-state index is 12.2. The van der Waals surface area contributed by atoms with Crippen LogP contribution < -0.4 is 0 Å². The Morgan fingerprint density at radius 2 is 2.22 bits per heavy atom. The molecule has 96 valence electrons. The number of hydrogen-bond donors (Lipinski definition) is 0. The summed E-state index contributed by atoms with van der Waals surface area (Å²) in [5, 5.41) is 6.30. The molecule has 0 saturated heterocycles. The van der Waals surface area contributed by atoms with Crippen LogP contribution in [-0.2, 0) is 19.9 Å². The quantitative estimate of drug-likeness (QED) is 0.738. The van der Waals surface area contributed by atoms with Gasteiger partial charge in [-0.1, -0.05) is 6.92 Å². The van der Waals surface area contributed by atoms with Gasteiger partial charge in [-0.05, 0) is 49.7 Å². The van der Waals surface area contributed by atoms with Crippen LogP contribution in [0.25, 0.3) is 0 Å². The Bertz CT molecular complexity index is 589. The van der Waals surface area contributed by atoms with Crippen molar-refractivity contribution < 1.29 is 4.79 Å². The molecule has 0 fully saturated rings. The summed E-state index contributed by atoms with van der Waals surface area (Å²) in [6.45, 7) is 2.05. The normalized spacial score (nSPS) is 10.9. The first-order valence-corrected chi connectivity index (χ1v) is 7.97. The van der Waals surface area contributed by atoms with Crippen molar-refractivity contribution in [3.05, 3.63) is 36.7 Å². The smallest absolute Gasteiger partial charge is 0.179 e. The molecule has 0 amide bonds. The van der Waals surface area contributed by atoms with Gasteiger partial charge < -0.3 is 0 Å². The van der Waals surface area contributed by atoms with E-state index in [1.165, 1.54) is 11.3 Å². The molecular weight excluding hydrogens is 380 g/mol. The molecule has 0 unspecified atom stereocenters. The number of carbonyl (C=O) groups excluding carboxylic acids is 1. The van der Waals surface area contributed by atoms with Crippen molar-refractivity contribution in [2.24, 2.45) is 7.05 Å². The van der Waals surface area contributed by atoms with E-state index in [-0.39, 0.29) is 5.78 Å². The topological polar surface area (TPSA) is 34.9 Å². The third-order valence-electron chi connectivity index (χ3n) is 2.70. The van der Waals surface area contributed by atoms with Crippen LogP contribution in [0.4, 0.5) is 0 Å². The lowest BCUT2D eigenvalue weighted by atomic mass is 10.2. The Kier molecular flexibility index (Phi) is 4.40. The Morgan fingerprint density at radius 3 is 2.72 bits per heavy atom. The second-order valence-corrected chi connectivity index (χ2v) is 6.45. The van der Waals surface area contributed by atoms with Crippen LogP contribution in [-0.4, -0.2) is 15.6 Å². The Morgan fingerprint density at radius 1 is 1.50 bits per heavy atom. The Balaban J connectivity index is 2.27. The molecule has 0 atom stereocenters. The van der Waals surface area contributed by atoms with Crippen molar-refractivity contribution in [1.82, 2.24) is 9.78 Å². The fraction of sp³-hybridized carbons (Fsp3) is 0.333. The molecule has 2 rings (SSSR count). The van der Waals surface area contributed by atoms with Gasteiger partial charge in [-0.15, -0.1) is 11.3 Å². The molecule has 2 aromatic rings. The van der Waals surface area contributed by atoms with Crippen LogP contribution in [0.15, 0.2) is 20.4 Å². The minimum atomic E-state index is 0.114. The van der Waals surface area contributed by atoms with Gasteiger partial charge in [-0.2, -0.15) is 5.10 Å². The molecule has 0 bridgehead atoms. The summed E-state index contributed by atoms with van der Waals surface area (Å²) in [6.07, 6.45) is 1.22. The highest BCUT2D eigenvalue weighted by atomic mass is 79.9. The van der Waals surface area contributed by atoms with Crippen LogP contribution in [0, 0.1) is 0 Å². The first-order valence-electron chi connectivity index (χ1n) is 5.51. The number of halogens is 2. The molecule has 2 aromatic heterocycles. The van der Waals surface area contributed by atoms with Crippen molar-refractivity contribution in [3.8, 4) is 0 Å².